The van der Waals surface area contributed by atoms with E-state index in [2.05, 4.69) is 32.3 Å². The fraction of sp³-hybridized carbons (Fsp3) is 0.952. The molecule has 3 rings (SSSR count). The summed E-state index contributed by atoms with van der Waals surface area (Å²) < 4.78 is 12.2. The second-order valence-corrected chi connectivity index (χ2v) is 11.8. The molecule has 3 aliphatic rings. The molecule has 2 aliphatic carbocycles. The van der Waals surface area contributed by atoms with Gasteiger partial charge >= 0.3 is 0 Å². The zero-order valence-electron chi connectivity index (χ0n) is 17.9. The summed E-state index contributed by atoms with van der Waals surface area (Å²) in [6, 6.07) is 0.397. The lowest BCUT2D eigenvalue weighted by molar-refractivity contribution is 0.0625. The molecular formula is C21H40N4OS2. The van der Waals surface area contributed by atoms with Gasteiger partial charge in [0.1, 0.15) is 0 Å². The minimum absolute atomic E-state index is 0.301. The average Bonchev–Trinajstić information content (AvgIpc) is 2.77. The van der Waals surface area contributed by atoms with Crippen LogP contribution >= 0.6 is 11.8 Å². The Kier molecular flexibility index (Phi) is 8.98. The third kappa shape index (κ3) is 5.88. The highest BCUT2D eigenvalue weighted by atomic mass is 32.2. The molecular weight excluding hydrogens is 388 g/mol. The molecule has 5 nitrogen and oxygen atoms in total. The van der Waals surface area contributed by atoms with Gasteiger partial charge in [0.15, 0.2) is 5.96 Å². The summed E-state index contributed by atoms with van der Waals surface area (Å²) in [6.45, 7) is 5.49. The smallest absolute Gasteiger partial charge is 0.191 e. The van der Waals surface area contributed by atoms with Gasteiger partial charge in [-0.3, -0.25) is 14.1 Å². The first kappa shape index (κ1) is 22.4. The van der Waals surface area contributed by atoms with E-state index in [9.17, 15) is 4.21 Å². The van der Waals surface area contributed by atoms with Gasteiger partial charge in [-0.25, -0.2) is 0 Å². The summed E-state index contributed by atoms with van der Waals surface area (Å²) in [5.41, 5.74) is 0.301. The van der Waals surface area contributed by atoms with E-state index in [4.69, 9.17) is 0 Å². The van der Waals surface area contributed by atoms with Crippen LogP contribution in [-0.4, -0.2) is 75.8 Å². The molecule has 162 valence electrons. The van der Waals surface area contributed by atoms with E-state index >= 15 is 0 Å². The number of nitrogens with zero attached hydrogens (tertiary/aromatic N) is 2. The number of thioether (sulfide) groups is 1. The van der Waals surface area contributed by atoms with Gasteiger partial charge in [-0.05, 0) is 32.1 Å². The quantitative estimate of drug-likeness (QED) is 0.503. The lowest BCUT2D eigenvalue weighted by Gasteiger charge is -2.48. The second-order valence-electron chi connectivity index (χ2n) is 8.61. The Morgan fingerprint density at radius 3 is 2.61 bits per heavy atom. The molecule has 0 aromatic carbocycles. The van der Waals surface area contributed by atoms with Crippen molar-refractivity contribution in [2.24, 2.45) is 4.99 Å². The SMILES string of the molecule is CCS(=O)C1CCCC(NC(=NC)NCC2(N3CCSCC3)CCCCC2)C1. The van der Waals surface area contributed by atoms with E-state index in [-0.39, 0.29) is 0 Å². The van der Waals surface area contributed by atoms with Crippen LogP contribution in [0.2, 0.25) is 0 Å². The molecule has 2 N–H and O–H groups in total. The number of hydrogen-bond donors (Lipinski definition) is 2. The molecule has 3 unspecified atom stereocenters. The number of aliphatic imine (C=N–C) groups is 1. The lowest BCUT2D eigenvalue weighted by Crippen LogP contribution is -2.60. The Balaban J connectivity index is 1.56. The van der Waals surface area contributed by atoms with Crippen LogP contribution in [0.25, 0.3) is 0 Å². The molecule has 0 amide bonds. The minimum atomic E-state index is -0.678. The van der Waals surface area contributed by atoms with E-state index in [0.717, 1.165) is 37.5 Å². The molecule has 1 heterocycles. The van der Waals surface area contributed by atoms with Crippen LogP contribution in [0.1, 0.15) is 64.7 Å². The van der Waals surface area contributed by atoms with Crippen LogP contribution in [0, 0.1) is 0 Å². The highest BCUT2D eigenvalue weighted by Gasteiger charge is 2.38. The maximum Gasteiger partial charge on any atom is 0.191 e. The molecule has 7 heteroatoms. The zero-order valence-corrected chi connectivity index (χ0v) is 19.5. The summed E-state index contributed by atoms with van der Waals surface area (Å²) >= 11 is 2.09. The topological polar surface area (TPSA) is 56.7 Å². The molecule has 0 bridgehead atoms. The van der Waals surface area contributed by atoms with Gasteiger partial charge in [0.05, 0.1) is 0 Å². The van der Waals surface area contributed by atoms with Gasteiger partial charge in [0.2, 0.25) is 0 Å². The molecule has 1 aliphatic heterocycles. The van der Waals surface area contributed by atoms with Gasteiger partial charge in [-0.15, -0.1) is 0 Å². The first-order valence-electron chi connectivity index (χ1n) is 11.3. The summed E-state index contributed by atoms with van der Waals surface area (Å²) in [7, 11) is 1.20. The van der Waals surface area contributed by atoms with Crippen molar-refractivity contribution in [2.75, 3.05) is 43.9 Å². The number of hydrogen-bond acceptors (Lipinski definition) is 4. The Labute approximate surface area is 178 Å². The zero-order chi connectivity index (χ0) is 19.8. The molecule has 28 heavy (non-hydrogen) atoms. The van der Waals surface area contributed by atoms with Crippen LogP contribution in [0.3, 0.4) is 0 Å². The van der Waals surface area contributed by atoms with E-state index in [1.807, 2.05) is 14.0 Å². The first-order chi connectivity index (χ1) is 13.7. The Hall–Kier alpha value is -0.270. The Morgan fingerprint density at radius 2 is 1.93 bits per heavy atom. The molecule has 3 atom stereocenters. The van der Waals surface area contributed by atoms with Crippen molar-refractivity contribution < 1.29 is 4.21 Å². The van der Waals surface area contributed by atoms with E-state index in [0.29, 0.717) is 16.8 Å². The largest absolute Gasteiger partial charge is 0.355 e. The standard InChI is InChI=1S/C21H40N4OS2/c1-3-28(26)19-9-7-8-18(16-19)24-20(22-2)23-17-21(10-5-4-6-11-21)25-12-14-27-15-13-25/h18-19H,3-17H2,1-2H3,(H2,22,23,24). The Bertz CT molecular complexity index is 530. The molecule has 0 aromatic heterocycles. The number of rotatable bonds is 6. The summed E-state index contributed by atoms with van der Waals surface area (Å²) in [4.78, 5) is 7.30. The highest BCUT2D eigenvalue weighted by Crippen LogP contribution is 2.35. The summed E-state index contributed by atoms with van der Waals surface area (Å²) in [5.74, 6) is 4.25. The number of nitrogens with one attached hydrogen (secondary N) is 2. The van der Waals surface area contributed by atoms with Gasteiger partial charge < -0.3 is 10.6 Å². The normalized spacial score (nSPS) is 30.6. The van der Waals surface area contributed by atoms with E-state index < -0.39 is 10.8 Å². The molecule has 2 saturated carbocycles. The van der Waals surface area contributed by atoms with E-state index in [1.165, 1.54) is 63.1 Å². The van der Waals surface area contributed by atoms with Crippen LogP contribution in [0.15, 0.2) is 4.99 Å². The summed E-state index contributed by atoms with van der Waals surface area (Å²) in [6.07, 6.45) is 11.2. The highest BCUT2D eigenvalue weighted by molar-refractivity contribution is 7.99. The molecule has 0 spiro atoms. The molecule has 0 aromatic rings. The Morgan fingerprint density at radius 1 is 1.18 bits per heavy atom. The predicted octanol–water partition coefficient (Wildman–Crippen LogP) is 2.98. The van der Waals surface area contributed by atoms with Gasteiger partial charge in [-0.1, -0.05) is 32.6 Å². The maximum absolute atomic E-state index is 12.2. The van der Waals surface area contributed by atoms with Crippen molar-refractivity contribution in [2.45, 2.75) is 81.5 Å². The molecule has 3 fully saturated rings. The van der Waals surface area contributed by atoms with Crippen LogP contribution in [0.5, 0.6) is 0 Å². The number of guanidine groups is 1. The third-order valence-corrected chi connectivity index (χ3v) is 9.58. The predicted molar refractivity (Wildman–Crippen MR) is 124 cm³/mol. The van der Waals surface area contributed by atoms with Crippen molar-refractivity contribution in [3.8, 4) is 0 Å². The molecule has 1 saturated heterocycles. The first-order valence-corrected chi connectivity index (χ1v) is 13.9. The summed E-state index contributed by atoms with van der Waals surface area (Å²) in [5, 5.41) is 7.71. The van der Waals surface area contributed by atoms with Crippen LogP contribution in [0.4, 0.5) is 0 Å². The van der Waals surface area contributed by atoms with Gasteiger partial charge in [0, 0.05) is 71.6 Å². The van der Waals surface area contributed by atoms with Crippen LogP contribution < -0.4 is 10.6 Å². The second kappa shape index (κ2) is 11.2. The van der Waals surface area contributed by atoms with E-state index in [1.54, 1.807) is 0 Å². The fourth-order valence-corrected chi connectivity index (χ4v) is 7.49. The van der Waals surface area contributed by atoms with Crippen molar-refractivity contribution in [3.63, 3.8) is 0 Å². The van der Waals surface area contributed by atoms with Gasteiger partial charge in [-0.2, -0.15) is 11.8 Å². The van der Waals surface area contributed by atoms with Gasteiger partial charge in [0.25, 0.3) is 0 Å². The average molecular weight is 429 g/mol. The van der Waals surface area contributed by atoms with Crippen LogP contribution in [-0.2, 0) is 10.8 Å². The van der Waals surface area contributed by atoms with Crippen molar-refractivity contribution in [1.82, 2.24) is 15.5 Å². The lowest BCUT2D eigenvalue weighted by atomic mass is 9.80. The minimum Gasteiger partial charge on any atom is -0.355 e. The molecule has 0 radical (unpaired) electrons. The van der Waals surface area contributed by atoms with Crippen molar-refractivity contribution in [1.29, 1.82) is 0 Å². The van der Waals surface area contributed by atoms with Crippen molar-refractivity contribution in [3.05, 3.63) is 0 Å². The fourth-order valence-electron chi connectivity index (χ4n) is 5.24. The third-order valence-electron chi connectivity index (χ3n) is 6.90. The maximum atomic E-state index is 12.2. The van der Waals surface area contributed by atoms with Crippen molar-refractivity contribution >= 4 is 28.5 Å². The monoisotopic (exact) mass is 428 g/mol.